The van der Waals surface area contributed by atoms with Gasteiger partial charge in [0, 0.05) is 6.08 Å². The molecule has 0 unspecified atom stereocenters. The summed E-state index contributed by atoms with van der Waals surface area (Å²) < 4.78 is 0. The third-order valence-electron chi connectivity index (χ3n) is 0.868. The highest BCUT2D eigenvalue weighted by atomic mass is 16.1. The van der Waals surface area contributed by atoms with Crippen molar-refractivity contribution in [2.24, 2.45) is 11.7 Å². The Morgan fingerprint density at radius 2 is 2.00 bits per heavy atom. The van der Waals surface area contributed by atoms with E-state index in [1.54, 1.807) is 6.08 Å². The Labute approximate surface area is 61.4 Å². The average molecular weight is 139 g/mol. The van der Waals surface area contributed by atoms with Gasteiger partial charge in [0.05, 0.1) is 0 Å². The summed E-state index contributed by atoms with van der Waals surface area (Å²) in [6.07, 6.45) is 6.77. The van der Waals surface area contributed by atoms with E-state index < -0.39 is 5.91 Å². The van der Waals surface area contributed by atoms with Crippen molar-refractivity contribution in [3.05, 3.63) is 24.3 Å². The quantitative estimate of drug-likeness (QED) is 0.464. The zero-order valence-electron chi connectivity index (χ0n) is 6.37. The normalized spacial score (nSPS) is 11.9. The molecule has 0 aromatic heterocycles. The molecule has 0 aromatic rings. The largest absolute Gasteiger partial charge is 0.366 e. The van der Waals surface area contributed by atoms with Crippen molar-refractivity contribution in [3.8, 4) is 0 Å². The van der Waals surface area contributed by atoms with Crippen molar-refractivity contribution >= 4 is 5.91 Å². The molecule has 0 radical (unpaired) electrons. The average Bonchev–Trinajstić information content (AvgIpc) is 1.79. The summed E-state index contributed by atoms with van der Waals surface area (Å²) in [6.45, 7) is 4.13. The summed E-state index contributed by atoms with van der Waals surface area (Å²) >= 11 is 0. The van der Waals surface area contributed by atoms with Crippen LogP contribution in [0.2, 0.25) is 0 Å². The number of carbonyl (C=O) groups excluding carboxylic acids is 1. The van der Waals surface area contributed by atoms with E-state index in [9.17, 15) is 4.79 Å². The van der Waals surface area contributed by atoms with Crippen LogP contribution in [0.1, 0.15) is 13.8 Å². The van der Waals surface area contributed by atoms with Gasteiger partial charge < -0.3 is 5.73 Å². The number of primary amides is 1. The van der Waals surface area contributed by atoms with E-state index >= 15 is 0 Å². The molecule has 2 N–H and O–H groups in total. The molecule has 0 aliphatic heterocycles. The molecule has 1 amide bonds. The molecule has 0 heterocycles. The van der Waals surface area contributed by atoms with Crippen molar-refractivity contribution in [3.63, 3.8) is 0 Å². The smallest absolute Gasteiger partial charge is 0.241 e. The standard InChI is InChI=1S/C8H13NO/c1-7(2)5-3-4-6-8(9)10/h3-7H,1-2H3,(H2,9,10)/b5-3+,6-4+. The first-order valence-corrected chi connectivity index (χ1v) is 3.27. The molecular weight excluding hydrogens is 126 g/mol. The molecule has 56 valence electrons. The van der Waals surface area contributed by atoms with Crippen molar-refractivity contribution in [1.29, 1.82) is 0 Å². The summed E-state index contributed by atoms with van der Waals surface area (Å²) in [5.41, 5.74) is 4.85. The molecule has 2 heteroatoms. The van der Waals surface area contributed by atoms with E-state index in [0.717, 1.165) is 0 Å². The van der Waals surface area contributed by atoms with Gasteiger partial charge in [0.2, 0.25) is 5.91 Å². The lowest BCUT2D eigenvalue weighted by molar-refractivity contribution is -0.113. The van der Waals surface area contributed by atoms with Gasteiger partial charge in [-0.2, -0.15) is 0 Å². The van der Waals surface area contributed by atoms with Gasteiger partial charge in [0.25, 0.3) is 0 Å². The number of allylic oxidation sites excluding steroid dienone is 3. The fourth-order valence-electron chi connectivity index (χ4n) is 0.437. The third kappa shape index (κ3) is 6.95. The maximum absolute atomic E-state index is 10.1. The molecule has 0 aliphatic rings. The van der Waals surface area contributed by atoms with Gasteiger partial charge in [-0.3, -0.25) is 4.79 Å². The fourth-order valence-corrected chi connectivity index (χ4v) is 0.437. The maximum Gasteiger partial charge on any atom is 0.241 e. The second-order valence-electron chi connectivity index (χ2n) is 2.39. The highest BCUT2D eigenvalue weighted by Gasteiger charge is 1.80. The van der Waals surface area contributed by atoms with Crippen LogP contribution in [0.25, 0.3) is 0 Å². The molecule has 0 saturated heterocycles. The first-order chi connectivity index (χ1) is 4.63. The van der Waals surface area contributed by atoms with Gasteiger partial charge in [-0.05, 0) is 5.92 Å². The molecule has 2 nitrogen and oxygen atoms in total. The molecule has 0 aromatic carbocycles. The molecule has 0 bridgehead atoms. The van der Waals surface area contributed by atoms with E-state index in [4.69, 9.17) is 5.73 Å². The van der Waals surface area contributed by atoms with Gasteiger partial charge >= 0.3 is 0 Å². The Balaban J connectivity index is 3.62. The minimum atomic E-state index is -0.409. The zero-order chi connectivity index (χ0) is 7.98. The lowest BCUT2D eigenvalue weighted by Gasteiger charge is -1.88. The van der Waals surface area contributed by atoms with Crippen LogP contribution in [0.4, 0.5) is 0 Å². The predicted molar refractivity (Wildman–Crippen MR) is 42.3 cm³/mol. The molecule has 0 aliphatic carbocycles. The van der Waals surface area contributed by atoms with Crippen LogP contribution in [0, 0.1) is 5.92 Å². The third-order valence-corrected chi connectivity index (χ3v) is 0.868. The van der Waals surface area contributed by atoms with E-state index in [0.29, 0.717) is 5.92 Å². The number of hydrogen-bond acceptors (Lipinski definition) is 1. The molecule has 10 heavy (non-hydrogen) atoms. The first kappa shape index (κ1) is 8.95. The number of nitrogens with two attached hydrogens (primary N) is 1. The zero-order valence-corrected chi connectivity index (χ0v) is 6.37. The summed E-state index contributed by atoms with van der Waals surface area (Å²) in [5, 5.41) is 0. The summed E-state index contributed by atoms with van der Waals surface area (Å²) in [5.74, 6) is 0.103. The molecular formula is C8H13NO. The SMILES string of the molecule is CC(C)/C=C/C=C/C(N)=O. The van der Waals surface area contributed by atoms with Gasteiger partial charge in [-0.1, -0.05) is 32.1 Å². The molecule has 0 rings (SSSR count). The second-order valence-corrected chi connectivity index (χ2v) is 2.39. The van der Waals surface area contributed by atoms with Gasteiger partial charge in [0.1, 0.15) is 0 Å². The van der Waals surface area contributed by atoms with Crippen LogP contribution < -0.4 is 5.73 Å². The molecule has 0 saturated carbocycles. The monoisotopic (exact) mass is 139 g/mol. The van der Waals surface area contributed by atoms with Gasteiger partial charge in [0.15, 0.2) is 0 Å². The maximum atomic E-state index is 10.1. The van der Waals surface area contributed by atoms with Crippen LogP contribution in [0.15, 0.2) is 24.3 Å². The van der Waals surface area contributed by atoms with E-state index in [1.165, 1.54) is 6.08 Å². The van der Waals surface area contributed by atoms with Crippen molar-refractivity contribution in [2.45, 2.75) is 13.8 Å². The van der Waals surface area contributed by atoms with Gasteiger partial charge in [-0.15, -0.1) is 0 Å². The minimum absolute atomic E-state index is 0.409. The van der Waals surface area contributed by atoms with Crippen LogP contribution >= 0.6 is 0 Å². The van der Waals surface area contributed by atoms with Crippen molar-refractivity contribution < 1.29 is 4.79 Å². The summed E-state index contributed by atoms with van der Waals surface area (Å²) in [7, 11) is 0. The summed E-state index contributed by atoms with van der Waals surface area (Å²) in [6, 6.07) is 0. The highest BCUT2D eigenvalue weighted by Crippen LogP contribution is 1.92. The molecule has 0 atom stereocenters. The number of amides is 1. The first-order valence-electron chi connectivity index (χ1n) is 3.27. The topological polar surface area (TPSA) is 43.1 Å². The Kier molecular flexibility index (Phi) is 4.29. The lowest BCUT2D eigenvalue weighted by atomic mass is 10.2. The van der Waals surface area contributed by atoms with E-state index in [1.807, 2.05) is 12.2 Å². The Hall–Kier alpha value is -1.05. The number of carbonyl (C=O) groups is 1. The van der Waals surface area contributed by atoms with E-state index in [-0.39, 0.29) is 0 Å². The van der Waals surface area contributed by atoms with Crippen LogP contribution in [-0.2, 0) is 4.79 Å². The fraction of sp³-hybridized carbons (Fsp3) is 0.375. The van der Waals surface area contributed by atoms with Crippen LogP contribution in [0.3, 0.4) is 0 Å². The van der Waals surface area contributed by atoms with E-state index in [2.05, 4.69) is 13.8 Å². The summed E-state index contributed by atoms with van der Waals surface area (Å²) in [4.78, 5) is 10.1. The minimum Gasteiger partial charge on any atom is -0.366 e. The van der Waals surface area contributed by atoms with Gasteiger partial charge in [-0.25, -0.2) is 0 Å². The highest BCUT2D eigenvalue weighted by molar-refractivity contribution is 5.85. The number of hydrogen-bond donors (Lipinski definition) is 1. The second kappa shape index (κ2) is 4.79. The molecule has 0 spiro atoms. The molecule has 0 fully saturated rings. The lowest BCUT2D eigenvalue weighted by Crippen LogP contribution is -2.04. The Morgan fingerprint density at radius 3 is 2.40 bits per heavy atom. The Morgan fingerprint density at radius 1 is 1.40 bits per heavy atom. The van der Waals surface area contributed by atoms with Crippen molar-refractivity contribution in [1.82, 2.24) is 0 Å². The van der Waals surface area contributed by atoms with Crippen LogP contribution in [0.5, 0.6) is 0 Å². The predicted octanol–water partition coefficient (Wildman–Crippen LogP) is 1.24. The Bertz CT molecular complexity index is 157. The van der Waals surface area contributed by atoms with Crippen LogP contribution in [-0.4, -0.2) is 5.91 Å². The van der Waals surface area contributed by atoms with Crippen molar-refractivity contribution in [2.75, 3.05) is 0 Å². The number of rotatable bonds is 3.